The molecule has 0 aliphatic heterocycles. The molecule has 2 aromatic carbocycles. The summed E-state index contributed by atoms with van der Waals surface area (Å²) < 4.78 is 1.58. The maximum atomic E-state index is 12.8. The third kappa shape index (κ3) is 3.04. The molecule has 4 rings (SSSR count). The van der Waals surface area contributed by atoms with Gasteiger partial charge in [-0.05, 0) is 12.5 Å². The van der Waals surface area contributed by atoms with Crippen molar-refractivity contribution in [3.8, 4) is 0 Å². The minimum atomic E-state index is -0.104. The van der Waals surface area contributed by atoms with Crippen LogP contribution in [0.3, 0.4) is 0 Å². The zero-order chi connectivity index (χ0) is 17.9. The zero-order valence-electron chi connectivity index (χ0n) is 14.3. The number of carbonyl (C=O) groups is 1. The Hall–Kier alpha value is -3.54. The van der Waals surface area contributed by atoms with Crippen molar-refractivity contribution in [2.24, 2.45) is 0 Å². The van der Waals surface area contributed by atoms with Gasteiger partial charge < -0.3 is 5.32 Å². The van der Waals surface area contributed by atoms with Crippen molar-refractivity contribution in [2.75, 3.05) is 5.32 Å². The van der Waals surface area contributed by atoms with Crippen LogP contribution in [-0.2, 0) is 6.54 Å². The van der Waals surface area contributed by atoms with Gasteiger partial charge in [0.1, 0.15) is 5.82 Å². The molecule has 0 amide bonds. The molecule has 0 atom stereocenters. The molecule has 0 radical (unpaired) electrons. The smallest absolute Gasteiger partial charge is 0.227 e. The molecule has 1 N–H and O–H groups in total. The monoisotopic (exact) mass is 343 g/mol. The Bertz CT molecular complexity index is 1060. The lowest BCUT2D eigenvalue weighted by Crippen LogP contribution is -2.10. The lowest BCUT2D eigenvalue weighted by Gasteiger charge is -2.08. The van der Waals surface area contributed by atoms with E-state index in [1.54, 1.807) is 29.8 Å². The maximum Gasteiger partial charge on any atom is 0.227 e. The lowest BCUT2D eigenvalue weighted by molar-refractivity contribution is 0.104. The van der Waals surface area contributed by atoms with Gasteiger partial charge in [-0.3, -0.25) is 4.79 Å². The summed E-state index contributed by atoms with van der Waals surface area (Å²) in [6.45, 7) is 2.41. The van der Waals surface area contributed by atoms with Crippen LogP contribution in [0.2, 0.25) is 0 Å². The summed E-state index contributed by atoms with van der Waals surface area (Å²) in [6, 6.07) is 19.2. The van der Waals surface area contributed by atoms with Crippen LogP contribution in [0.5, 0.6) is 0 Å². The van der Waals surface area contributed by atoms with Gasteiger partial charge >= 0.3 is 0 Å². The first-order chi connectivity index (χ1) is 12.7. The van der Waals surface area contributed by atoms with E-state index in [1.165, 1.54) is 0 Å². The van der Waals surface area contributed by atoms with E-state index in [1.807, 2.05) is 48.5 Å². The number of nitrogens with one attached hydrogen (secondary N) is 1. The number of hydrogen-bond donors (Lipinski definition) is 1. The number of benzene rings is 2. The molecule has 0 saturated heterocycles. The van der Waals surface area contributed by atoms with Crippen molar-refractivity contribution in [3.63, 3.8) is 0 Å². The highest BCUT2D eigenvalue weighted by Crippen LogP contribution is 2.17. The molecule has 0 fully saturated rings. The minimum absolute atomic E-state index is 0.104. The largest absolute Gasteiger partial charge is 0.350 e. The molecule has 0 saturated carbocycles. The minimum Gasteiger partial charge on any atom is -0.350 e. The summed E-state index contributed by atoms with van der Waals surface area (Å²) in [5, 5.41) is 7.60. The molecule has 26 heavy (non-hydrogen) atoms. The van der Waals surface area contributed by atoms with Crippen LogP contribution in [0.15, 0.2) is 66.9 Å². The Kier molecular flexibility index (Phi) is 4.15. The normalized spacial score (nSPS) is 10.8. The molecule has 2 aromatic heterocycles. The van der Waals surface area contributed by atoms with E-state index in [0.717, 1.165) is 5.56 Å². The molecule has 0 aliphatic rings. The summed E-state index contributed by atoms with van der Waals surface area (Å²) in [6.07, 6.45) is 1.55. The average Bonchev–Trinajstić information content (AvgIpc) is 3.11. The summed E-state index contributed by atoms with van der Waals surface area (Å²) in [7, 11) is 0. The predicted molar refractivity (Wildman–Crippen MR) is 99.2 cm³/mol. The Morgan fingerprint density at radius 3 is 2.42 bits per heavy atom. The van der Waals surface area contributed by atoms with Crippen LogP contribution in [0, 0.1) is 6.92 Å². The molecule has 2 heterocycles. The van der Waals surface area contributed by atoms with Crippen LogP contribution in [0.1, 0.15) is 27.3 Å². The van der Waals surface area contributed by atoms with Gasteiger partial charge in [0.25, 0.3) is 0 Å². The fraction of sp³-hybridized carbons (Fsp3) is 0.100. The standard InChI is InChI=1S/C20H17N5O/c1-14-23-19-17(18(26)16-10-6-3-7-11-16)13-22-25(19)20(24-14)21-12-15-8-4-2-5-9-15/h2-11,13H,12H2,1H3,(H,21,23,24). The van der Waals surface area contributed by atoms with Gasteiger partial charge in [0.05, 0.1) is 11.8 Å². The Morgan fingerprint density at radius 1 is 1.00 bits per heavy atom. The van der Waals surface area contributed by atoms with Crippen LogP contribution in [0.25, 0.3) is 5.65 Å². The van der Waals surface area contributed by atoms with Gasteiger partial charge in [-0.1, -0.05) is 60.7 Å². The highest BCUT2D eigenvalue weighted by Gasteiger charge is 2.18. The van der Waals surface area contributed by atoms with Gasteiger partial charge in [-0.25, -0.2) is 4.98 Å². The van der Waals surface area contributed by atoms with Crippen molar-refractivity contribution >= 4 is 17.4 Å². The summed E-state index contributed by atoms with van der Waals surface area (Å²) in [4.78, 5) is 21.6. The molecular weight excluding hydrogens is 326 g/mol. The molecule has 0 aliphatic carbocycles. The molecule has 128 valence electrons. The van der Waals surface area contributed by atoms with Crippen molar-refractivity contribution in [1.29, 1.82) is 0 Å². The Morgan fingerprint density at radius 2 is 1.69 bits per heavy atom. The number of aryl methyl sites for hydroxylation is 1. The second kappa shape index (κ2) is 6.76. The number of rotatable bonds is 5. The topological polar surface area (TPSA) is 72.2 Å². The average molecular weight is 343 g/mol. The summed E-state index contributed by atoms with van der Waals surface area (Å²) >= 11 is 0. The van der Waals surface area contributed by atoms with Gasteiger partial charge in [-0.2, -0.15) is 14.6 Å². The van der Waals surface area contributed by atoms with E-state index in [-0.39, 0.29) is 5.78 Å². The van der Waals surface area contributed by atoms with E-state index >= 15 is 0 Å². The number of carbonyl (C=O) groups excluding carboxylic acids is 1. The molecule has 4 aromatic rings. The highest BCUT2D eigenvalue weighted by atomic mass is 16.1. The summed E-state index contributed by atoms with van der Waals surface area (Å²) in [5.74, 6) is 1.03. The number of hydrogen-bond acceptors (Lipinski definition) is 5. The van der Waals surface area contributed by atoms with Crippen molar-refractivity contribution in [3.05, 3.63) is 89.4 Å². The fourth-order valence-corrected chi connectivity index (χ4v) is 2.78. The molecule has 0 bridgehead atoms. The fourth-order valence-electron chi connectivity index (χ4n) is 2.78. The van der Waals surface area contributed by atoms with Gasteiger partial charge in [0.15, 0.2) is 11.4 Å². The Balaban J connectivity index is 1.70. The van der Waals surface area contributed by atoms with E-state index in [4.69, 9.17) is 0 Å². The lowest BCUT2D eigenvalue weighted by atomic mass is 10.1. The Labute approximate surface area is 150 Å². The molecule has 0 spiro atoms. The maximum absolute atomic E-state index is 12.8. The van der Waals surface area contributed by atoms with E-state index in [0.29, 0.717) is 35.1 Å². The number of aromatic nitrogens is 4. The number of ketones is 1. The zero-order valence-corrected chi connectivity index (χ0v) is 14.3. The third-order valence-electron chi connectivity index (χ3n) is 4.05. The van der Waals surface area contributed by atoms with Gasteiger partial charge in [0, 0.05) is 12.1 Å². The molecule has 6 nitrogen and oxygen atoms in total. The quantitative estimate of drug-likeness (QED) is 0.563. The van der Waals surface area contributed by atoms with Gasteiger partial charge in [0.2, 0.25) is 5.95 Å². The van der Waals surface area contributed by atoms with E-state index in [2.05, 4.69) is 20.4 Å². The highest BCUT2D eigenvalue weighted by molar-refractivity contribution is 6.12. The second-order valence-corrected chi connectivity index (χ2v) is 5.92. The van der Waals surface area contributed by atoms with Crippen molar-refractivity contribution in [2.45, 2.75) is 13.5 Å². The molecule has 0 unspecified atom stereocenters. The van der Waals surface area contributed by atoms with Crippen molar-refractivity contribution < 1.29 is 4.79 Å². The SMILES string of the molecule is Cc1nc(NCc2ccccc2)n2ncc(C(=O)c3ccccc3)c2n1. The third-order valence-corrected chi connectivity index (χ3v) is 4.05. The van der Waals surface area contributed by atoms with Crippen LogP contribution >= 0.6 is 0 Å². The number of fused-ring (bicyclic) bond motifs is 1. The summed E-state index contributed by atoms with van der Waals surface area (Å²) in [5.41, 5.74) is 2.70. The second-order valence-electron chi connectivity index (χ2n) is 5.92. The first-order valence-corrected chi connectivity index (χ1v) is 8.32. The predicted octanol–water partition coefficient (Wildman–Crippen LogP) is 3.28. The van der Waals surface area contributed by atoms with Gasteiger partial charge in [-0.15, -0.1) is 0 Å². The molecule has 6 heteroatoms. The number of anilines is 1. The first-order valence-electron chi connectivity index (χ1n) is 8.32. The molecular formula is C20H17N5O. The van der Waals surface area contributed by atoms with Crippen LogP contribution in [-0.4, -0.2) is 25.4 Å². The van der Waals surface area contributed by atoms with E-state index < -0.39 is 0 Å². The number of nitrogens with zero attached hydrogens (tertiary/aromatic N) is 4. The van der Waals surface area contributed by atoms with E-state index in [9.17, 15) is 4.79 Å². The van der Waals surface area contributed by atoms with Crippen LogP contribution < -0.4 is 5.32 Å². The van der Waals surface area contributed by atoms with Crippen LogP contribution in [0.4, 0.5) is 5.95 Å². The first kappa shape index (κ1) is 16.0. The van der Waals surface area contributed by atoms with Crippen molar-refractivity contribution in [1.82, 2.24) is 19.6 Å².